The molecule has 2 N–H and O–H groups in total. The molecule has 0 amide bonds. The smallest absolute Gasteiger partial charge is 0.330 e. The Morgan fingerprint density at radius 2 is 1.73 bits per heavy atom. The zero-order valence-corrected chi connectivity index (χ0v) is 11.5. The first-order valence-corrected chi connectivity index (χ1v) is 6.62. The first-order valence-electron chi connectivity index (χ1n) is 6.62. The highest BCUT2D eigenvalue weighted by atomic mass is 19.4. The molecule has 0 saturated carbocycles. The third kappa shape index (κ3) is 3.82. The van der Waals surface area contributed by atoms with Gasteiger partial charge in [-0.1, -0.05) is 18.2 Å². The summed E-state index contributed by atoms with van der Waals surface area (Å²) in [7, 11) is 0. The lowest BCUT2D eigenvalue weighted by atomic mass is 9.91. The quantitative estimate of drug-likeness (QED) is 0.838. The highest BCUT2D eigenvalue weighted by Gasteiger charge is 2.30. The predicted molar refractivity (Wildman–Crippen MR) is 73.3 cm³/mol. The summed E-state index contributed by atoms with van der Waals surface area (Å²) in [6.45, 7) is -0.00335. The Bertz CT molecular complexity index is 651. The highest BCUT2D eigenvalue weighted by Crippen LogP contribution is 2.31. The van der Waals surface area contributed by atoms with Crippen LogP contribution >= 0.6 is 0 Å². The lowest BCUT2D eigenvalue weighted by Gasteiger charge is -2.17. The van der Waals surface area contributed by atoms with E-state index in [0.29, 0.717) is 5.56 Å². The van der Waals surface area contributed by atoms with Crippen LogP contribution in [0.4, 0.5) is 22.0 Å². The maximum atomic E-state index is 13.8. The Kier molecular flexibility index (Phi) is 4.81. The van der Waals surface area contributed by atoms with Gasteiger partial charge in [0.1, 0.15) is 11.6 Å². The molecule has 0 bridgehead atoms. The normalized spacial score (nSPS) is 13.2. The molecule has 118 valence electrons. The Hall–Kier alpha value is -1.95. The monoisotopic (exact) mass is 315 g/mol. The molecule has 0 spiro atoms. The van der Waals surface area contributed by atoms with Crippen LogP contribution in [0, 0.1) is 11.6 Å². The lowest BCUT2D eigenvalue weighted by Crippen LogP contribution is -2.17. The van der Waals surface area contributed by atoms with E-state index in [1.807, 2.05) is 0 Å². The SMILES string of the molecule is NCC(Cc1cccc(C(F)(F)F)c1)c1cc(F)ccc1F. The molecule has 0 radical (unpaired) electrons. The molecule has 6 heteroatoms. The molecule has 0 aromatic heterocycles. The summed E-state index contributed by atoms with van der Waals surface area (Å²) < 4.78 is 65.1. The van der Waals surface area contributed by atoms with Crippen LogP contribution in [0.5, 0.6) is 0 Å². The molecule has 0 aliphatic rings. The molecule has 1 atom stereocenters. The third-order valence-corrected chi connectivity index (χ3v) is 3.42. The first-order chi connectivity index (χ1) is 10.3. The molecule has 2 aromatic rings. The van der Waals surface area contributed by atoms with Crippen molar-refractivity contribution in [3.8, 4) is 0 Å². The van der Waals surface area contributed by atoms with Crippen molar-refractivity contribution in [3.05, 3.63) is 70.8 Å². The van der Waals surface area contributed by atoms with Crippen LogP contribution in [0.25, 0.3) is 0 Å². The van der Waals surface area contributed by atoms with Crippen molar-refractivity contribution in [2.45, 2.75) is 18.5 Å². The summed E-state index contributed by atoms with van der Waals surface area (Å²) in [5, 5.41) is 0. The molecule has 0 fully saturated rings. The third-order valence-electron chi connectivity index (χ3n) is 3.42. The zero-order chi connectivity index (χ0) is 16.3. The number of nitrogens with two attached hydrogens (primary N) is 1. The van der Waals surface area contributed by atoms with E-state index in [9.17, 15) is 22.0 Å². The number of halogens is 5. The average molecular weight is 315 g/mol. The van der Waals surface area contributed by atoms with Gasteiger partial charge in [-0.2, -0.15) is 13.2 Å². The van der Waals surface area contributed by atoms with Crippen molar-refractivity contribution in [1.82, 2.24) is 0 Å². The molecule has 1 unspecified atom stereocenters. The molecule has 22 heavy (non-hydrogen) atoms. The fourth-order valence-corrected chi connectivity index (χ4v) is 2.31. The first kappa shape index (κ1) is 16.4. The van der Waals surface area contributed by atoms with Gasteiger partial charge in [-0.3, -0.25) is 0 Å². The van der Waals surface area contributed by atoms with E-state index in [0.717, 1.165) is 30.3 Å². The van der Waals surface area contributed by atoms with Gasteiger partial charge in [-0.05, 0) is 48.4 Å². The molecule has 0 aliphatic carbocycles. The summed E-state index contributed by atoms with van der Waals surface area (Å²) >= 11 is 0. The topological polar surface area (TPSA) is 26.0 Å². The van der Waals surface area contributed by atoms with Crippen LogP contribution < -0.4 is 5.73 Å². The van der Waals surface area contributed by atoms with Crippen LogP contribution in [0.2, 0.25) is 0 Å². The molecule has 0 heterocycles. The van der Waals surface area contributed by atoms with Gasteiger partial charge in [-0.15, -0.1) is 0 Å². The zero-order valence-electron chi connectivity index (χ0n) is 11.5. The number of benzene rings is 2. The second-order valence-electron chi connectivity index (χ2n) is 5.00. The van der Waals surface area contributed by atoms with Gasteiger partial charge >= 0.3 is 6.18 Å². The van der Waals surface area contributed by atoms with Gasteiger partial charge < -0.3 is 5.73 Å². The summed E-state index contributed by atoms with van der Waals surface area (Å²) in [5.74, 6) is -1.83. The predicted octanol–water partition coefficient (Wildman–Crippen LogP) is 4.27. The Balaban J connectivity index is 2.29. The fraction of sp³-hybridized carbons (Fsp3) is 0.250. The summed E-state index contributed by atoms with van der Waals surface area (Å²) in [6, 6.07) is 7.75. The maximum Gasteiger partial charge on any atom is 0.416 e. The molecule has 0 saturated heterocycles. The van der Waals surface area contributed by atoms with E-state index < -0.39 is 29.3 Å². The van der Waals surface area contributed by atoms with Crippen molar-refractivity contribution in [1.29, 1.82) is 0 Å². The summed E-state index contributed by atoms with van der Waals surface area (Å²) in [5.41, 5.74) is 5.25. The number of hydrogen-bond donors (Lipinski definition) is 1. The van der Waals surface area contributed by atoms with E-state index in [-0.39, 0.29) is 18.5 Å². The minimum atomic E-state index is -4.45. The average Bonchev–Trinajstić information content (AvgIpc) is 2.47. The van der Waals surface area contributed by atoms with E-state index in [1.165, 1.54) is 12.1 Å². The van der Waals surface area contributed by atoms with Gasteiger partial charge in [-0.25, -0.2) is 8.78 Å². The Morgan fingerprint density at radius 1 is 1.00 bits per heavy atom. The summed E-state index contributed by atoms with van der Waals surface area (Å²) in [6.07, 6.45) is -4.35. The Morgan fingerprint density at radius 3 is 2.36 bits per heavy atom. The summed E-state index contributed by atoms with van der Waals surface area (Å²) in [4.78, 5) is 0. The van der Waals surface area contributed by atoms with Crippen molar-refractivity contribution in [2.75, 3.05) is 6.54 Å². The molecule has 1 nitrogen and oxygen atoms in total. The molecule has 0 aliphatic heterocycles. The minimum absolute atomic E-state index is 0.00335. The second kappa shape index (κ2) is 6.44. The van der Waals surface area contributed by atoms with Crippen molar-refractivity contribution in [2.24, 2.45) is 5.73 Å². The van der Waals surface area contributed by atoms with E-state index in [1.54, 1.807) is 0 Å². The molecule has 2 aromatic carbocycles. The molecular formula is C16H14F5N. The van der Waals surface area contributed by atoms with Crippen molar-refractivity contribution >= 4 is 0 Å². The van der Waals surface area contributed by atoms with Crippen LogP contribution in [0.1, 0.15) is 22.6 Å². The van der Waals surface area contributed by atoms with Crippen LogP contribution in [0.15, 0.2) is 42.5 Å². The van der Waals surface area contributed by atoms with Crippen molar-refractivity contribution < 1.29 is 22.0 Å². The van der Waals surface area contributed by atoms with Gasteiger partial charge in [0.05, 0.1) is 5.56 Å². The highest BCUT2D eigenvalue weighted by molar-refractivity contribution is 5.30. The molecular weight excluding hydrogens is 301 g/mol. The van der Waals surface area contributed by atoms with Gasteiger partial charge in [0.2, 0.25) is 0 Å². The largest absolute Gasteiger partial charge is 0.416 e. The Labute approximate surface area is 124 Å². The minimum Gasteiger partial charge on any atom is -0.330 e. The second-order valence-corrected chi connectivity index (χ2v) is 5.00. The van der Waals surface area contributed by atoms with Crippen molar-refractivity contribution in [3.63, 3.8) is 0 Å². The maximum absolute atomic E-state index is 13.8. The number of alkyl halides is 3. The molecule has 2 rings (SSSR count). The fourth-order valence-electron chi connectivity index (χ4n) is 2.31. The number of hydrogen-bond acceptors (Lipinski definition) is 1. The van der Waals surface area contributed by atoms with E-state index >= 15 is 0 Å². The van der Waals surface area contributed by atoms with Crippen LogP contribution in [0.3, 0.4) is 0 Å². The standard InChI is InChI=1S/C16H14F5N/c17-13-4-5-15(18)14(8-13)11(9-22)6-10-2-1-3-12(7-10)16(19,20)21/h1-5,7-8,11H,6,9,22H2. The van der Waals surface area contributed by atoms with Gasteiger partial charge in [0.25, 0.3) is 0 Å². The lowest BCUT2D eigenvalue weighted by molar-refractivity contribution is -0.137. The van der Waals surface area contributed by atoms with Gasteiger partial charge in [0.15, 0.2) is 0 Å². The van der Waals surface area contributed by atoms with Crippen LogP contribution in [-0.4, -0.2) is 6.54 Å². The van der Waals surface area contributed by atoms with E-state index in [2.05, 4.69) is 0 Å². The van der Waals surface area contributed by atoms with Gasteiger partial charge in [0, 0.05) is 5.92 Å². The van der Waals surface area contributed by atoms with Crippen LogP contribution in [-0.2, 0) is 12.6 Å². The number of rotatable bonds is 4. The van der Waals surface area contributed by atoms with E-state index in [4.69, 9.17) is 5.73 Å².